The first-order chi connectivity index (χ1) is 12.1. The lowest BCUT2D eigenvalue weighted by Crippen LogP contribution is -2.55. The molecule has 1 amide bonds. The van der Waals surface area contributed by atoms with Crippen LogP contribution in [0.2, 0.25) is 0 Å². The monoisotopic (exact) mass is 342 g/mol. The topological polar surface area (TPSA) is 54.7 Å². The highest BCUT2D eigenvalue weighted by Crippen LogP contribution is 2.39. The molecule has 2 fully saturated rings. The fraction of sp³-hybridized carbons (Fsp3) is 0.550. The summed E-state index contributed by atoms with van der Waals surface area (Å²) >= 11 is 0. The second kappa shape index (κ2) is 6.37. The van der Waals surface area contributed by atoms with Gasteiger partial charge < -0.3 is 19.3 Å². The number of hydrogen-bond donors (Lipinski definition) is 1. The number of carbonyl (C=O) groups excluding carboxylic acids is 1. The molecule has 2 heterocycles. The maximum absolute atomic E-state index is 12.8. The number of methoxy groups -OCH3 is 1. The molecule has 4 rings (SSSR count). The molecule has 1 saturated heterocycles. The Bertz CT molecular complexity index is 784. The van der Waals surface area contributed by atoms with E-state index in [9.17, 15) is 9.90 Å². The minimum Gasteiger partial charge on any atom is -0.497 e. The van der Waals surface area contributed by atoms with Crippen LogP contribution in [0.1, 0.15) is 32.1 Å². The number of carbonyl (C=O) groups is 1. The van der Waals surface area contributed by atoms with E-state index in [0.29, 0.717) is 26.1 Å². The van der Waals surface area contributed by atoms with Gasteiger partial charge in [-0.15, -0.1) is 0 Å². The van der Waals surface area contributed by atoms with Crippen molar-refractivity contribution in [3.63, 3.8) is 0 Å². The standard InChI is InChI=1S/C20H26N2O3/c1-25-17-5-6-18-15(12-17)7-10-21(18)14-19(23)22-11-9-20(24)8-3-2-4-16(20)13-22/h5-7,10,12,16,24H,2-4,8-9,11,13-14H2,1H3/t16-,20-/m0/s1. The average Bonchev–Trinajstić information content (AvgIpc) is 3.02. The van der Waals surface area contributed by atoms with Gasteiger partial charge in [0.15, 0.2) is 0 Å². The van der Waals surface area contributed by atoms with E-state index < -0.39 is 5.60 Å². The molecule has 25 heavy (non-hydrogen) atoms. The van der Waals surface area contributed by atoms with Gasteiger partial charge in [-0.05, 0) is 43.5 Å². The number of fused-ring (bicyclic) bond motifs is 2. The summed E-state index contributed by atoms with van der Waals surface area (Å²) < 4.78 is 7.26. The number of nitrogens with zero attached hydrogens (tertiary/aromatic N) is 2. The van der Waals surface area contributed by atoms with Crippen molar-refractivity contribution >= 4 is 16.8 Å². The Morgan fingerprint density at radius 3 is 3.04 bits per heavy atom. The normalized spacial score (nSPS) is 26.5. The van der Waals surface area contributed by atoms with Crippen molar-refractivity contribution in [2.45, 2.75) is 44.2 Å². The SMILES string of the molecule is COc1ccc2c(ccn2CC(=O)N2CC[C@@]3(O)CCCC[C@H]3C2)c1. The number of likely N-dealkylation sites (tertiary alicyclic amines) is 1. The van der Waals surface area contributed by atoms with Crippen LogP contribution < -0.4 is 4.74 Å². The summed E-state index contributed by atoms with van der Waals surface area (Å²) in [5, 5.41) is 11.9. The average molecular weight is 342 g/mol. The number of piperidine rings is 1. The first kappa shape index (κ1) is 16.5. The van der Waals surface area contributed by atoms with Gasteiger partial charge in [0.1, 0.15) is 12.3 Å². The maximum atomic E-state index is 12.8. The van der Waals surface area contributed by atoms with E-state index in [4.69, 9.17) is 4.74 Å². The molecular weight excluding hydrogens is 316 g/mol. The second-order valence-electron chi connectivity index (χ2n) is 7.50. The molecule has 134 valence electrons. The number of aliphatic hydroxyl groups is 1. The van der Waals surface area contributed by atoms with Gasteiger partial charge in [-0.2, -0.15) is 0 Å². The third-order valence-corrected chi connectivity index (χ3v) is 6.06. The van der Waals surface area contributed by atoms with E-state index in [1.54, 1.807) is 7.11 Å². The number of rotatable bonds is 3. The van der Waals surface area contributed by atoms with E-state index in [1.807, 2.05) is 39.9 Å². The van der Waals surface area contributed by atoms with Crippen molar-refractivity contribution in [2.24, 2.45) is 5.92 Å². The molecule has 5 heteroatoms. The molecule has 1 aliphatic heterocycles. The smallest absolute Gasteiger partial charge is 0.242 e. The van der Waals surface area contributed by atoms with Crippen molar-refractivity contribution in [3.8, 4) is 5.75 Å². The van der Waals surface area contributed by atoms with Crippen LogP contribution >= 0.6 is 0 Å². The van der Waals surface area contributed by atoms with Crippen LogP contribution in [0, 0.1) is 5.92 Å². The predicted octanol–water partition coefficient (Wildman–Crippen LogP) is 2.80. The Balaban J connectivity index is 1.47. The van der Waals surface area contributed by atoms with Gasteiger partial charge in [-0.3, -0.25) is 4.79 Å². The molecule has 0 unspecified atom stereocenters. The molecule has 2 aromatic rings. The number of aromatic nitrogens is 1. The summed E-state index contributed by atoms with van der Waals surface area (Å²) in [6.07, 6.45) is 6.88. The zero-order valence-corrected chi connectivity index (χ0v) is 14.8. The summed E-state index contributed by atoms with van der Waals surface area (Å²) in [5.74, 6) is 1.20. The van der Waals surface area contributed by atoms with Crippen LogP contribution in [0.5, 0.6) is 5.75 Å². The first-order valence-corrected chi connectivity index (χ1v) is 9.22. The van der Waals surface area contributed by atoms with Crippen LogP contribution in [0.15, 0.2) is 30.5 Å². The third kappa shape index (κ3) is 3.01. The first-order valence-electron chi connectivity index (χ1n) is 9.22. The number of benzene rings is 1. The van der Waals surface area contributed by atoms with E-state index in [0.717, 1.165) is 35.9 Å². The molecule has 1 saturated carbocycles. The summed E-state index contributed by atoms with van der Waals surface area (Å²) in [6, 6.07) is 7.92. The minimum atomic E-state index is -0.536. The number of hydrogen-bond acceptors (Lipinski definition) is 3. The molecule has 2 atom stereocenters. The van der Waals surface area contributed by atoms with E-state index in [1.165, 1.54) is 6.42 Å². The highest BCUT2D eigenvalue weighted by atomic mass is 16.5. The molecule has 0 bridgehead atoms. The van der Waals surface area contributed by atoms with Crippen LogP contribution in [-0.4, -0.2) is 46.3 Å². The quantitative estimate of drug-likeness (QED) is 0.933. The van der Waals surface area contributed by atoms with E-state index in [2.05, 4.69) is 0 Å². The van der Waals surface area contributed by atoms with Crippen LogP contribution in [0.4, 0.5) is 0 Å². The van der Waals surface area contributed by atoms with Crippen LogP contribution in [0.3, 0.4) is 0 Å². The number of ether oxygens (including phenoxy) is 1. The van der Waals surface area contributed by atoms with E-state index >= 15 is 0 Å². The molecule has 0 radical (unpaired) electrons. The van der Waals surface area contributed by atoms with Gasteiger partial charge in [0, 0.05) is 36.1 Å². The van der Waals surface area contributed by atoms with Gasteiger partial charge in [0.05, 0.1) is 12.7 Å². The molecule has 1 N–H and O–H groups in total. The van der Waals surface area contributed by atoms with Gasteiger partial charge in [0.25, 0.3) is 0 Å². The molecule has 0 spiro atoms. The Morgan fingerprint density at radius 1 is 1.32 bits per heavy atom. The van der Waals surface area contributed by atoms with Crippen LogP contribution in [0.25, 0.3) is 10.9 Å². The maximum Gasteiger partial charge on any atom is 0.242 e. The lowest BCUT2D eigenvalue weighted by molar-refractivity contribution is -0.143. The Labute approximate surface area is 148 Å². The summed E-state index contributed by atoms with van der Waals surface area (Å²) in [7, 11) is 1.66. The number of amides is 1. The molecular formula is C20H26N2O3. The zero-order valence-electron chi connectivity index (χ0n) is 14.8. The fourth-order valence-electron chi connectivity index (χ4n) is 4.49. The second-order valence-corrected chi connectivity index (χ2v) is 7.50. The lowest BCUT2D eigenvalue weighted by Gasteiger charge is -2.47. The van der Waals surface area contributed by atoms with Crippen molar-refractivity contribution in [2.75, 3.05) is 20.2 Å². The molecule has 1 aromatic carbocycles. The largest absolute Gasteiger partial charge is 0.497 e. The summed E-state index contributed by atoms with van der Waals surface area (Å²) in [4.78, 5) is 14.8. The summed E-state index contributed by atoms with van der Waals surface area (Å²) in [6.45, 7) is 1.71. The molecule has 1 aromatic heterocycles. The van der Waals surface area contributed by atoms with Gasteiger partial charge in [-0.25, -0.2) is 0 Å². The predicted molar refractivity (Wildman–Crippen MR) is 96.6 cm³/mol. The summed E-state index contributed by atoms with van der Waals surface area (Å²) in [5.41, 5.74) is 0.506. The van der Waals surface area contributed by atoms with Crippen molar-refractivity contribution < 1.29 is 14.6 Å². The van der Waals surface area contributed by atoms with Crippen LogP contribution in [-0.2, 0) is 11.3 Å². The Kier molecular flexibility index (Phi) is 4.20. The zero-order chi connectivity index (χ0) is 17.4. The minimum absolute atomic E-state index is 0.140. The highest BCUT2D eigenvalue weighted by molar-refractivity contribution is 5.84. The Morgan fingerprint density at radius 2 is 2.20 bits per heavy atom. The fourth-order valence-corrected chi connectivity index (χ4v) is 4.49. The molecule has 2 aliphatic rings. The van der Waals surface area contributed by atoms with Gasteiger partial charge in [-0.1, -0.05) is 12.8 Å². The van der Waals surface area contributed by atoms with Crippen molar-refractivity contribution in [1.29, 1.82) is 0 Å². The van der Waals surface area contributed by atoms with E-state index in [-0.39, 0.29) is 11.8 Å². The van der Waals surface area contributed by atoms with Gasteiger partial charge >= 0.3 is 0 Å². The van der Waals surface area contributed by atoms with Crippen molar-refractivity contribution in [3.05, 3.63) is 30.5 Å². The third-order valence-electron chi connectivity index (χ3n) is 6.06. The van der Waals surface area contributed by atoms with Gasteiger partial charge in [0.2, 0.25) is 5.91 Å². The van der Waals surface area contributed by atoms with Crippen molar-refractivity contribution in [1.82, 2.24) is 9.47 Å². The highest BCUT2D eigenvalue weighted by Gasteiger charge is 2.43. The molecule has 5 nitrogen and oxygen atoms in total. The molecule has 1 aliphatic carbocycles. The Hall–Kier alpha value is -2.01. The lowest BCUT2D eigenvalue weighted by atomic mass is 9.71.